The van der Waals surface area contributed by atoms with Crippen molar-refractivity contribution in [2.75, 3.05) is 36.8 Å². The second-order valence-electron chi connectivity index (χ2n) is 7.87. The van der Waals surface area contributed by atoms with Crippen LogP contribution in [0.15, 0.2) is 35.3 Å². The number of aromatic nitrogens is 2. The molecule has 0 amide bonds. The van der Waals surface area contributed by atoms with Crippen LogP contribution >= 0.6 is 11.6 Å². The van der Waals surface area contributed by atoms with E-state index < -0.39 is 10.0 Å². The summed E-state index contributed by atoms with van der Waals surface area (Å²) in [5, 5.41) is 4.89. The van der Waals surface area contributed by atoms with Crippen LogP contribution in [0.3, 0.4) is 0 Å². The molecule has 168 valence electrons. The number of halogens is 1. The van der Waals surface area contributed by atoms with E-state index in [2.05, 4.69) is 5.10 Å². The molecule has 1 saturated heterocycles. The Morgan fingerprint density at radius 3 is 2.52 bits per heavy atom. The van der Waals surface area contributed by atoms with Crippen molar-refractivity contribution >= 4 is 27.3 Å². The summed E-state index contributed by atoms with van der Waals surface area (Å²) in [6.45, 7) is 3.34. The highest BCUT2D eigenvalue weighted by Gasteiger charge is 2.29. The lowest BCUT2D eigenvalue weighted by molar-refractivity contribution is 0.205. The number of hydrogen-bond acceptors (Lipinski definition) is 6. The van der Waals surface area contributed by atoms with Gasteiger partial charge in [0.25, 0.3) is 0 Å². The van der Waals surface area contributed by atoms with Crippen LogP contribution in [0.4, 0.5) is 5.69 Å². The minimum absolute atomic E-state index is 0.00317. The number of anilines is 1. The molecule has 0 unspecified atom stereocenters. The molecule has 2 fully saturated rings. The van der Waals surface area contributed by atoms with Crippen molar-refractivity contribution < 1.29 is 13.2 Å². The van der Waals surface area contributed by atoms with Gasteiger partial charge in [-0.25, -0.2) is 8.42 Å². The Hall–Kier alpha value is -2.10. The zero-order valence-corrected chi connectivity index (χ0v) is 19.1. The molecule has 1 aromatic heterocycles. The average Bonchev–Trinajstić information content (AvgIpc) is 3.28. The molecule has 8 nitrogen and oxygen atoms in total. The first-order valence-electron chi connectivity index (χ1n) is 10.7. The SMILES string of the molecule is CCS(=O)(=O)N1CCN(c2cnn(-c3cccc(Cl)c3)c(=O)c2OC2CCCC2)CC1. The van der Waals surface area contributed by atoms with E-state index in [1.54, 1.807) is 37.4 Å². The highest BCUT2D eigenvalue weighted by molar-refractivity contribution is 7.89. The smallest absolute Gasteiger partial charge is 0.316 e. The molecule has 1 saturated carbocycles. The normalized spacial score (nSPS) is 18.5. The highest BCUT2D eigenvalue weighted by Crippen LogP contribution is 2.30. The molecule has 0 N–H and O–H groups in total. The van der Waals surface area contributed by atoms with Crippen LogP contribution in [0.5, 0.6) is 5.75 Å². The molecule has 1 aliphatic heterocycles. The van der Waals surface area contributed by atoms with E-state index in [1.807, 2.05) is 4.90 Å². The molecule has 0 spiro atoms. The lowest BCUT2D eigenvalue weighted by Gasteiger charge is -2.35. The van der Waals surface area contributed by atoms with Crippen molar-refractivity contribution in [1.29, 1.82) is 0 Å². The summed E-state index contributed by atoms with van der Waals surface area (Å²) in [5.41, 5.74) is 0.846. The number of hydrogen-bond donors (Lipinski definition) is 0. The van der Waals surface area contributed by atoms with Gasteiger partial charge in [-0.1, -0.05) is 17.7 Å². The fourth-order valence-corrected chi connectivity index (χ4v) is 5.39. The predicted molar refractivity (Wildman–Crippen MR) is 121 cm³/mol. The van der Waals surface area contributed by atoms with Crippen molar-refractivity contribution in [2.24, 2.45) is 0 Å². The maximum Gasteiger partial charge on any atom is 0.316 e. The van der Waals surface area contributed by atoms with Gasteiger partial charge in [-0.3, -0.25) is 4.79 Å². The van der Waals surface area contributed by atoms with E-state index in [9.17, 15) is 13.2 Å². The van der Waals surface area contributed by atoms with Crippen LogP contribution in [0, 0.1) is 0 Å². The first-order valence-corrected chi connectivity index (χ1v) is 12.7. The van der Waals surface area contributed by atoms with Gasteiger partial charge in [-0.15, -0.1) is 0 Å². The zero-order chi connectivity index (χ0) is 22.0. The van der Waals surface area contributed by atoms with Crippen LogP contribution in [-0.4, -0.2) is 60.5 Å². The van der Waals surface area contributed by atoms with Gasteiger partial charge in [0.1, 0.15) is 5.69 Å². The lowest BCUT2D eigenvalue weighted by atomic mass is 10.2. The number of ether oxygens (including phenoxy) is 1. The third-order valence-corrected chi connectivity index (χ3v) is 8.01. The minimum Gasteiger partial charge on any atom is -0.483 e. The summed E-state index contributed by atoms with van der Waals surface area (Å²) in [7, 11) is -3.23. The molecular formula is C21H27ClN4O4S. The van der Waals surface area contributed by atoms with Crippen molar-refractivity contribution in [2.45, 2.75) is 38.7 Å². The molecule has 2 aromatic rings. The van der Waals surface area contributed by atoms with E-state index in [4.69, 9.17) is 16.3 Å². The summed E-state index contributed by atoms with van der Waals surface area (Å²) in [6, 6.07) is 6.96. The van der Waals surface area contributed by atoms with Crippen LogP contribution in [0.2, 0.25) is 5.02 Å². The Morgan fingerprint density at radius 2 is 1.87 bits per heavy atom. The maximum atomic E-state index is 13.4. The van der Waals surface area contributed by atoms with Gasteiger partial charge in [0.15, 0.2) is 0 Å². The summed E-state index contributed by atoms with van der Waals surface area (Å²) in [6.07, 6.45) is 5.64. The van der Waals surface area contributed by atoms with Gasteiger partial charge in [0, 0.05) is 31.2 Å². The third kappa shape index (κ3) is 4.73. The van der Waals surface area contributed by atoms with E-state index >= 15 is 0 Å². The van der Waals surface area contributed by atoms with E-state index in [1.165, 1.54) is 8.99 Å². The van der Waals surface area contributed by atoms with Gasteiger partial charge in [0.2, 0.25) is 15.8 Å². The second-order valence-corrected chi connectivity index (χ2v) is 10.6. The molecule has 2 heterocycles. The van der Waals surface area contributed by atoms with Crippen molar-refractivity contribution in [3.63, 3.8) is 0 Å². The van der Waals surface area contributed by atoms with Crippen LogP contribution < -0.4 is 15.2 Å². The Morgan fingerprint density at radius 1 is 1.16 bits per heavy atom. The summed E-state index contributed by atoms with van der Waals surface area (Å²) in [5.74, 6) is 0.356. The summed E-state index contributed by atoms with van der Waals surface area (Å²) < 4.78 is 33.4. The second kappa shape index (κ2) is 9.18. The third-order valence-electron chi connectivity index (χ3n) is 5.89. The highest BCUT2D eigenvalue weighted by atomic mass is 35.5. The monoisotopic (exact) mass is 466 g/mol. The van der Waals surface area contributed by atoms with Gasteiger partial charge in [0.05, 0.1) is 23.7 Å². The largest absolute Gasteiger partial charge is 0.483 e. The van der Waals surface area contributed by atoms with Crippen molar-refractivity contribution in [3.8, 4) is 11.4 Å². The Balaban J connectivity index is 1.67. The molecule has 4 rings (SSSR count). The number of piperazine rings is 1. The molecule has 0 radical (unpaired) electrons. The number of sulfonamides is 1. The van der Waals surface area contributed by atoms with Gasteiger partial charge < -0.3 is 9.64 Å². The molecule has 31 heavy (non-hydrogen) atoms. The average molecular weight is 467 g/mol. The topological polar surface area (TPSA) is 84.7 Å². The number of benzene rings is 1. The minimum atomic E-state index is -3.23. The molecule has 1 aromatic carbocycles. The molecular weight excluding hydrogens is 440 g/mol. The fourth-order valence-electron chi connectivity index (χ4n) is 4.12. The quantitative estimate of drug-likeness (QED) is 0.650. The Kier molecular flexibility index (Phi) is 6.55. The van der Waals surface area contributed by atoms with Gasteiger partial charge in [-0.05, 0) is 50.8 Å². The van der Waals surface area contributed by atoms with Crippen molar-refractivity contribution in [1.82, 2.24) is 14.1 Å². The number of rotatable bonds is 6. The van der Waals surface area contributed by atoms with Crippen LogP contribution in [0.25, 0.3) is 5.69 Å². The van der Waals surface area contributed by atoms with E-state index in [-0.39, 0.29) is 23.2 Å². The Labute approximate surface area is 187 Å². The first kappa shape index (κ1) is 22.1. The summed E-state index contributed by atoms with van der Waals surface area (Å²) >= 11 is 6.10. The predicted octanol–water partition coefficient (Wildman–Crippen LogP) is 2.68. The standard InChI is InChI=1S/C21H27ClN4O4S/c1-2-31(28,29)25-12-10-24(11-13-25)19-15-23-26(17-7-5-6-16(22)14-17)21(27)20(19)30-18-8-3-4-9-18/h5-7,14-15,18H,2-4,8-13H2,1H3. The molecule has 2 aliphatic rings. The Bertz CT molecular complexity index is 1090. The molecule has 0 bridgehead atoms. The number of nitrogens with zero attached hydrogens (tertiary/aromatic N) is 4. The van der Waals surface area contributed by atoms with E-state index in [0.29, 0.717) is 42.6 Å². The van der Waals surface area contributed by atoms with Crippen LogP contribution in [-0.2, 0) is 10.0 Å². The molecule has 0 atom stereocenters. The van der Waals surface area contributed by atoms with Crippen LogP contribution in [0.1, 0.15) is 32.6 Å². The fraction of sp³-hybridized carbons (Fsp3) is 0.524. The van der Waals surface area contributed by atoms with Gasteiger partial charge >= 0.3 is 5.56 Å². The molecule has 10 heteroatoms. The van der Waals surface area contributed by atoms with E-state index in [0.717, 1.165) is 25.7 Å². The van der Waals surface area contributed by atoms with Gasteiger partial charge in [-0.2, -0.15) is 14.1 Å². The first-order chi connectivity index (χ1) is 14.9. The van der Waals surface area contributed by atoms with Crippen molar-refractivity contribution in [3.05, 3.63) is 45.8 Å². The molecule has 1 aliphatic carbocycles. The lowest BCUT2D eigenvalue weighted by Crippen LogP contribution is -2.49. The maximum absolute atomic E-state index is 13.4. The summed E-state index contributed by atoms with van der Waals surface area (Å²) in [4.78, 5) is 15.4. The zero-order valence-electron chi connectivity index (χ0n) is 17.5.